The van der Waals surface area contributed by atoms with Crippen LogP contribution in [-0.4, -0.2) is 32.6 Å². The van der Waals surface area contributed by atoms with E-state index in [1.165, 1.54) is 17.0 Å². The number of nitrogens with zero attached hydrogens (tertiary/aromatic N) is 5. The quantitative estimate of drug-likeness (QED) is 0.181. The summed E-state index contributed by atoms with van der Waals surface area (Å²) < 4.78 is 42.6. The molecule has 0 unspecified atom stereocenters. The van der Waals surface area contributed by atoms with Crippen molar-refractivity contribution in [1.82, 2.24) is 14.5 Å². The first kappa shape index (κ1) is 29.2. The van der Waals surface area contributed by atoms with Gasteiger partial charge in [0.05, 0.1) is 24.1 Å². The summed E-state index contributed by atoms with van der Waals surface area (Å²) >= 11 is 0. The average Bonchev–Trinajstić information content (AvgIpc) is 3.45. The van der Waals surface area contributed by atoms with E-state index in [-0.39, 0.29) is 16.9 Å². The van der Waals surface area contributed by atoms with Gasteiger partial charge in [-0.1, -0.05) is 26.0 Å². The second-order valence-corrected chi connectivity index (χ2v) is 9.22. The number of aliphatic imine (C=N–C) groups is 2. The second-order valence-electron chi connectivity index (χ2n) is 9.22. The molecule has 1 amide bonds. The lowest BCUT2D eigenvalue weighted by atomic mass is 10.1. The number of anilines is 2. The Hall–Kier alpha value is -4.80. The summed E-state index contributed by atoms with van der Waals surface area (Å²) in [6, 6.07) is 12.1. The number of carbonyl (C=O) groups excluding carboxylic acids is 1. The molecule has 41 heavy (non-hydrogen) atoms. The van der Waals surface area contributed by atoms with Gasteiger partial charge in [-0.2, -0.15) is 13.2 Å². The van der Waals surface area contributed by atoms with E-state index >= 15 is 0 Å². The average molecular weight is 562 g/mol. The van der Waals surface area contributed by atoms with Crippen molar-refractivity contribution >= 4 is 29.5 Å². The molecule has 0 radical (unpaired) electrons. The number of aryl methyl sites for hydroxylation is 2. The van der Waals surface area contributed by atoms with E-state index in [9.17, 15) is 18.0 Å². The number of benzene rings is 2. The van der Waals surface area contributed by atoms with Crippen LogP contribution in [0.1, 0.15) is 53.0 Å². The number of hydrogen-bond acceptors (Lipinski definition) is 4. The lowest BCUT2D eigenvalue weighted by molar-refractivity contribution is -0.137. The van der Waals surface area contributed by atoms with E-state index < -0.39 is 17.6 Å². The van der Waals surface area contributed by atoms with E-state index in [2.05, 4.69) is 30.6 Å². The van der Waals surface area contributed by atoms with Crippen LogP contribution >= 0.6 is 0 Å². The highest BCUT2D eigenvalue weighted by molar-refractivity contribution is 6.06. The normalized spacial score (nSPS) is 12.1. The number of hydrogen-bond donors (Lipinski definition) is 2. The van der Waals surface area contributed by atoms with Gasteiger partial charge in [-0.15, -0.1) is 0 Å². The van der Waals surface area contributed by atoms with Crippen LogP contribution in [0, 0.1) is 6.92 Å². The first-order chi connectivity index (χ1) is 19.7. The van der Waals surface area contributed by atoms with Crippen molar-refractivity contribution in [3.63, 3.8) is 0 Å². The van der Waals surface area contributed by atoms with Crippen LogP contribution in [0.5, 0.6) is 0 Å². The van der Waals surface area contributed by atoms with E-state index in [0.29, 0.717) is 31.0 Å². The van der Waals surface area contributed by atoms with Crippen molar-refractivity contribution in [2.45, 2.75) is 46.3 Å². The number of pyridine rings is 1. The predicted octanol–water partition coefficient (Wildman–Crippen LogP) is 6.86. The molecule has 0 saturated heterocycles. The molecule has 0 fully saturated rings. The highest BCUT2D eigenvalue weighted by atomic mass is 19.4. The standard InChI is InChI=1S/C30H30F3N7O/c1-4-10-35-29(36-17-21-7-6-11-34-16-21)39-27-12-22(9-8-20(27)3)28(41)38-25-13-23(30(31,32)33)14-26(15-25)40-18-24(5-2)37-19-40/h6-16,18-19H,4-5,17H2,1-3H3,(H,36,39)(H,38,41). The number of halogens is 3. The zero-order chi connectivity index (χ0) is 29.4. The van der Waals surface area contributed by atoms with Gasteiger partial charge in [0, 0.05) is 47.4 Å². The fraction of sp³-hybridized carbons (Fsp3) is 0.233. The molecular formula is C30H30F3N7O. The molecule has 212 valence electrons. The molecule has 2 N–H and O–H groups in total. The van der Waals surface area contributed by atoms with Crippen molar-refractivity contribution in [1.29, 1.82) is 0 Å². The van der Waals surface area contributed by atoms with Crippen molar-refractivity contribution in [2.24, 2.45) is 9.98 Å². The second kappa shape index (κ2) is 13.0. The molecule has 11 heteroatoms. The van der Waals surface area contributed by atoms with Gasteiger partial charge in [0.2, 0.25) is 5.96 Å². The largest absolute Gasteiger partial charge is 0.416 e. The molecule has 4 aromatic rings. The summed E-state index contributed by atoms with van der Waals surface area (Å²) in [7, 11) is 0. The minimum atomic E-state index is -4.60. The third kappa shape index (κ3) is 7.87. The Morgan fingerprint density at radius 1 is 1.10 bits per heavy atom. The Labute approximate surface area is 236 Å². The summed E-state index contributed by atoms with van der Waals surface area (Å²) in [5.41, 5.74) is 2.67. The van der Waals surface area contributed by atoms with Crippen molar-refractivity contribution < 1.29 is 18.0 Å². The fourth-order valence-corrected chi connectivity index (χ4v) is 3.85. The minimum absolute atomic E-state index is 0.00734. The van der Waals surface area contributed by atoms with E-state index in [0.717, 1.165) is 29.0 Å². The van der Waals surface area contributed by atoms with Crippen LogP contribution in [0.4, 0.5) is 24.5 Å². The molecular weight excluding hydrogens is 531 g/mol. The van der Waals surface area contributed by atoms with E-state index in [1.807, 2.05) is 32.9 Å². The summed E-state index contributed by atoms with van der Waals surface area (Å²) in [4.78, 5) is 30.4. The van der Waals surface area contributed by atoms with Gasteiger partial charge in [0.15, 0.2) is 0 Å². The maximum Gasteiger partial charge on any atom is 0.416 e. The van der Waals surface area contributed by atoms with Gasteiger partial charge in [-0.3, -0.25) is 9.78 Å². The summed E-state index contributed by atoms with van der Waals surface area (Å²) in [6.45, 7) is 6.07. The Kier molecular flexibility index (Phi) is 9.28. The van der Waals surface area contributed by atoms with Gasteiger partial charge in [-0.25, -0.2) is 15.0 Å². The van der Waals surface area contributed by atoms with Crippen LogP contribution in [0.3, 0.4) is 0 Å². The highest BCUT2D eigenvalue weighted by Gasteiger charge is 2.31. The summed E-state index contributed by atoms with van der Waals surface area (Å²) in [5.74, 6) is -0.213. The summed E-state index contributed by atoms with van der Waals surface area (Å²) in [5, 5.41) is 5.79. The number of nitrogens with one attached hydrogen (secondary N) is 2. The minimum Gasteiger partial charge on any atom is -0.324 e. The van der Waals surface area contributed by atoms with Crippen molar-refractivity contribution in [2.75, 3.05) is 10.6 Å². The maximum atomic E-state index is 13.7. The Balaban J connectivity index is 1.59. The van der Waals surface area contributed by atoms with Gasteiger partial charge in [0.1, 0.15) is 0 Å². The lowest BCUT2D eigenvalue weighted by Crippen LogP contribution is -2.16. The molecule has 0 bridgehead atoms. The number of carbonyl (C=O) groups is 1. The molecule has 0 atom stereocenters. The van der Waals surface area contributed by atoms with Crippen molar-refractivity contribution in [3.05, 3.63) is 101 Å². The zero-order valence-electron chi connectivity index (χ0n) is 22.9. The lowest BCUT2D eigenvalue weighted by Gasteiger charge is -2.15. The molecule has 4 rings (SSSR count). The fourth-order valence-electron chi connectivity index (χ4n) is 3.85. The van der Waals surface area contributed by atoms with E-state index in [1.54, 1.807) is 43.0 Å². The first-order valence-corrected chi connectivity index (χ1v) is 13.1. The van der Waals surface area contributed by atoms with Crippen LogP contribution in [0.15, 0.2) is 83.4 Å². The first-order valence-electron chi connectivity index (χ1n) is 13.1. The van der Waals surface area contributed by atoms with Gasteiger partial charge in [-0.05, 0) is 67.3 Å². The number of aromatic nitrogens is 3. The molecule has 0 aliphatic rings. The molecule has 0 aliphatic heterocycles. The zero-order valence-corrected chi connectivity index (χ0v) is 22.9. The number of alkyl halides is 3. The van der Waals surface area contributed by atoms with Crippen molar-refractivity contribution in [3.8, 4) is 5.69 Å². The van der Waals surface area contributed by atoms with Gasteiger partial charge in [0.25, 0.3) is 5.91 Å². The molecule has 2 aromatic carbocycles. The van der Waals surface area contributed by atoms with Gasteiger partial charge < -0.3 is 15.2 Å². The van der Waals surface area contributed by atoms with Crippen LogP contribution in [-0.2, 0) is 19.1 Å². The number of rotatable bonds is 8. The topological polar surface area (TPSA) is 96.6 Å². The van der Waals surface area contributed by atoms with Crippen LogP contribution in [0.2, 0.25) is 0 Å². The van der Waals surface area contributed by atoms with Crippen LogP contribution in [0.25, 0.3) is 5.69 Å². The number of amides is 1. The van der Waals surface area contributed by atoms with Gasteiger partial charge >= 0.3 is 6.18 Å². The Morgan fingerprint density at radius 2 is 1.93 bits per heavy atom. The number of imidazole rings is 1. The maximum absolute atomic E-state index is 13.7. The highest BCUT2D eigenvalue weighted by Crippen LogP contribution is 2.33. The third-order valence-electron chi connectivity index (χ3n) is 6.08. The predicted molar refractivity (Wildman–Crippen MR) is 155 cm³/mol. The smallest absolute Gasteiger partial charge is 0.324 e. The molecule has 0 aliphatic carbocycles. The molecule has 2 heterocycles. The number of guanidine groups is 1. The van der Waals surface area contributed by atoms with Crippen LogP contribution < -0.4 is 10.6 Å². The monoisotopic (exact) mass is 561 g/mol. The third-order valence-corrected chi connectivity index (χ3v) is 6.08. The van der Waals surface area contributed by atoms with E-state index in [4.69, 9.17) is 0 Å². The molecule has 8 nitrogen and oxygen atoms in total. The Morgan fingerprint density at radius 3 is 2.61 bits per heavy atom. The molecule has 0 saturated carbocycles. The molecule has 0 spiro atoms. The summed E-state index contributed by atoms with van der Waals surface area (Å²) in [6.07, 6.45) is 4.97. The molecule has 2 aromatic heterocycles. The SMILES string of the molecule is CCC=NC(=NCc1cccnc1)Nc1cc(C(=O)Nc2cc(-n3cnc(CC)c3)cc(C(F)(F)F)c2)ccc1C. The Bertz CT molecular complexity index is 1560.